The summed E-state index contributed by atoms with van der Waals surface area (Å²) in [5.74, 6) is -0.258. The molecule has 0 aliphatic carbocycles. The van der Waals surface area contributed by atoms with Crippen molar-refractivity contribution in [2.45, 2.75) is 20.3 Å². The first-order valence-corrected chi connectivity index (χ1v) is 7.01. The van der Waals surface area contributed by atoms with Crippen LogP contribution in [0.5, 0.6) is 5.75 Å². The quantitative estimate of drug-likeness (QED) is 0.599. The number of fused-ring (bicyclic) bond motifs is 3. The maximum Gasteiger partial charge on any atom is 0.331 e. The normalized spacial score (nSPS) is 16.1. The molecular weight excluding hydrogens is 282 g/mol. The third kappa shape index (κ3) is 2.57. The van der Waals surface area contributed by atoms with E-state index in [1.54, 1.807) is 6.07 Å². The molecule has 5 nitrogen and oxygen atoms in total. The molecule has 22 heavy (non-hydrogen) atoms. The predicted molar refractivity (Wildman–Crippen MR) is 82.3 cm³/mol. The Morgan fingerprint density at radius 3 is 2.86 bits per heavy atom. The lowest BCUT2D eigenvalue weighted by molar-refractivity contribution is -0.140. The molecule has 1 heterocycles. The number of nitrogens with zero attached hydrogens (tertiary/aromatic N) is 1. The molecule has 3 rings (SSSR count). The van der Waals surface area contributed by atoms with Gasteiger partial charge in [0.15, 0.2) is 0 Å². The molecule has 0 fully saturated rings. The fraction of sp³-hybridized carbons (Fsp3) is 0.235. The monoisotopic (exact) mass is 297 g/mol. The molecule has 112 valence electrons. The number of carbonyl (C=O) groups excluding carboxylic acids is 2. The number of benzene rings is 2. The zero-order chi connectivity index (χ0) is 15.7. The first-order valence-electron chi connectivity index (χ1n) is 7.01. The Labute approximate surface area is 127 Å². The van der Waals surface area contributed by atoms with Gasteiger partial charge in [-0.25, -0.2) is 4.79 Å². The fourth-order valence-electron chi connectivity index (χ4n) is 2.48. The van der Waals surface area contributed by atoms with Crippen molar-refractivity contribution in [1.29, 1.82) is 0 Å². The van der Waals surface area contributed by atoms with Gasteiger partial charge in [0.25, 0.3) is 0 Å². The lowest BCUT2D eigenvalue weighted by atomic mass is 9.99. The average molecular weight is 297 g/mol. The van der Waals surface area contributed by atoms with Crippen LogP contribution in [0.15, 0.2) is 35.5 Å². The van der Waals surface area contributed by atoms with Crippen molar-refractivity contribution < 1.29 is 19.2 Å². The van der Waals surface area contributed by atoms with Crippen LogP contribution < -0.4 is 4.74 Å². The SMILES string of the molecule is CC(=O)O/N=C1\CCOc2c(ccc3cc(C)ccc23)C1=O. The number of carbonyl (C=O) groups is 2. The second-order valence-electron chi connectivity index (χ2n) is 5.22. The number of ketones is 1. The third-order valence-corrected chi connectivity index (χ3v) is 3.50. The number of ether oxygens (including phenoxy) is 1. The van der Waals surface area contributed by atoms with E-state index in [2.05, 4.69) is 9.99 Å². The maximum atomic E-state index is 12.6. The summed E-state index contributed by atoms with van der Waals surface area (Å²) in [5, 5.41) is 5.57. The largest absolute Gasteiger partial charge is 0.492 e. The summed E-state index contributed by atoms with van der Waals surface area (Å²) in [5.41, 5.74) is 1.78. The first-order chi connectivity index (χ1) is 10.6. The van der Waals surface area contributed by atoms with Crippen molar-refractivity contribution in [3.8, 4) is 5.75 Å². The smallest absolute Gasteiger partial charge is 0.331 e. The number of aryl methyl sites for hydroxylation is 1. The van der Waals surface area contributed by atoms with Gasteiger partial charge in [0.1, 0.15) is 11.5 Å². The number of hydrogen-bond donors (Lipinski definition) is 0. The van der Waals surface area contributed by atoms with Crippen molar-refractivity contribution in [2.75, 3.05) is 6.61 Å². The molecule has 1 aliphatic rings. The molecule has 0 unspecified atom stereocenters. The second-order valence-corrected chi connectivity index (χ2v) is 5.22. The number of rotatable bonds is 1. The van der Waals surface area contributed by atoms with Crippen molar-refractivity contribution in [3.05, 3.63) is 41.5 Å². The summed E-state index contributed by atoms with van der Waals surface area (Å²) in [6, 6.07) is 9.59. The molecular formula is C17H15NO4. The molecule has 0 amide bonds. The third-order valence-electron chi connectivity index (χ3n) is 3.50. The van der Waals surface area contributed by atoms with E-state index in [9.17, 15) is 9.59 Å². The maximum absolute atomic E-state index is 12.6. The lowest BCUT2D eigenvalue weighted by Crippen LogP contribution is -2.15. The van der Waals surface area contributed by atoms with Crippen LogP contribution in [0.25, 0.3) is 10.8 Å². The molecule has 1 aliphatic heterocycles. The molecule has 5 heteroatoms. The molecule has 0 aromatic heterocycles. The first kappa shape index (κ1) is 14.3. The van der Waals surface area contributed by atoms with E-state index in [0.29, 0.717) is 24.3 Å². The van der Waals surface area contributed by atoms with Gasteiger partial charge in [-0.05, 0) is 18.4 Å². The van der Waals surface area contributed by atoms with E-state index >= 15 is 0 Å². The standard InChI is InChI=1S/C17H15NO4/c1-10-3-5-13-12(9-10)4-6-14-16(20)15(18-22-11(2)19)7-8-21-17(13)14/h3-6,9H,7-8H2,1-2H3/b18-15+. The molecule has 2 aromatic carbocycles. The van der Waals surface area contributed by atoms with E-state index in [0.717, 1.165) is 16.3 Å². The predicted octanol–water partition coefficient (Wildman–Crippen LogP) is 3.03. The topological polar surface area (TPSA) is 65.0 Å². The highest BCUT2D eigenvalue weighted by atomic mass is 16.7. The van der Waals surface area contributed by atoms with Crippen LogP contribution >= 0.6 is 0 Å². The van der Waals surface area contributed by atoms with Crippen LogP contribution in [0.4, 0.5) is 0 Å². The van der Waals surface area contributed by atoms with Crippen LogP contribution in [-0.4, -0.2) is 24.1 Å². The zero-order valence-electron chi connectivity index (χ0n) is 12.4. The summed E-state index contributed by atoms with van der Waals surface area (Å²) in [6.07, 6.45) is 0.300. The lowest BCUT2D eigenvalue weighted by Gasteiger charge is -2.10. The summed E-state index contributed by atoms with van der Waals surface area (Å²) in [4.78, 5) is 28.0. The van der Waals surface area contributed by atoms with Crippen molar-refractivity contribution in [1.82, 2.24) is 0 Å². The molecule has 0 radical (unpaired) electrons. The van der Waals surface area contributed by atoms with Crippen molar-refractivity contribution >= 4 is 28.2 Å². The van der Waals surface area contributed by atoms with Gasteiger partial charge < -0.3 is 9.57 Å². The van der Waals surface area contributed by atoms with Gasteiger partial charge in [-0.15, -0.1) is 0 Å². The molecule has 0 spiro atoms. The summed E-state index contributed by atoms with van der Waals surface area (Å²) in [6.45, 7) is 3.57. The van der Waals surface area contributed by atoms with Crippen LogP contribution in [0, 0.1) is 6.92 Å². The highest BCUT2D eigenvalue weighted by Gasteiger charge is 2.25. The summed E-state index contributed by atoms with van der Waals surface area (Å²) in [7, 11) is 0. The molecule has 2 aromatic rings. The Balaban J connectivity index is 2.10. The van der Waals surface area contributed by atoms with E-state index < -0.39 is 5.97 Å². The molecule has 0 N–H and O–H groups in total. The zero-order valence-corrected chi connectivity index (χ0v) is 12.4. The van der Waals surface area contributed by atoms with E-state index in [1.807, 2.05) is 31.2 Å². The second kappa shape index (κ2) is 5.60. The molecule has 0 bridgehead atoms. The summed E-state index contributed by atoms with van der Waals surface area (Å²) >= 11 is 0. The van der Waals surface area contributed by atoms with E-state index in [-0.39, 0.29) is 11.5 Å². The minimum absolute atomic E-state index is 0.195. The Kier molecular flexibility index (Phi) is 3.63. The molecule has 0 atom stereocenters. The Morgan fingerprint density at radius 2 is 2.09 bits per heavy atom. The number of Topliss-reactive ketones (excluding diaryl/α,β-unsaturated/α-hetero) is 1. The number of hydrogen-bond acceptors (Lipinski definition) is 5. The Hall–Kier alpha value is -2.69. The number of oxime groups is 1. The van der Waals surface area contributed by atoms with Gasteiger partial charge in [0, 0.05) is 18.7 Å². The van der Waals surface area contributed by atoms with Gasteiger partial charge in [0.05, 0.1) is 12.2 Å². The van der Waals surface area contributed by atoms with Crippen LogP contribution in [0.1, 0.15) is 29.3 Å². The highest BCUT2D eigenvalue weighted by Crippen LogP contribution is 2.33. The Morgan fingerprint density at radius 1 is 1.27 bits per heavy atom. The minimum atomic E-state index is -0.556. The van der Waals surface area contributed by atoms with Crippen molar-refractivity contribution in [3.63, 3.8) is 0 Å². The van der Waals surface area contributed by atoms with Crippen LogP contribution in [0.2, 0.25) is 0 Å². The Bertz CT molecular complexity index is 808. The van der Waals surface area contributed by atoms with Gasteiger partial charge in [-0.2, -0.15) is 0 Å². The van der Waals surface area contributed by atoms with Crippen molar-refractivity contribution in [2.24, 2.45) is 5.16 Å². The van der Waals surface area contributed by atoms with Crippen LogP contribution in [-0.2, 0) is 9.63 Å². The molecule has 0 saturated heterocycles. The fourth-order valence-corrected chi connectivity index (χ4v) is 2.48. The summed E-state index contributed by atoms with van der Waals surface area (Å²) < 4.78 is 5.77. The minimum Gasteiger partial charge on any atom is -0.492 e. The molecule has 0 saturated carbocycles. The average Bonchev–Trinajstić information content (AvgIpc) is 2.64. The van der Waals surface area contributed by atoms with Gasteiger partial charge in [-0.1, -0.05) is 35.0 Å². The highest BCUT2D eigenvalue weighted by molar-refractivity contribution is 6.47. The van der Waals surface area contributed by atoms with Crippen LogP contribution in [0.3, 0.4) is 0 Å². The van der Waals surface area contributed by atoms with E-state index in [4.69, 9.17) is 4.74 Å². The van der Waals surface area contributed by atoms with Gasteiger partial charge in [-0.3, -0.25) is 4.79 Å². The van der Waals surface area contributed by atoms with E-state index in [1.165, 1.54) is 6.92 Å². The van der Waals surface area contributed by atoms with Gasteiger partial charge in [0.2, 0.25) is 5.78 Å². The van der Waals surface area contributed by atoms with Gasteiger partial charge >= 0.3 is 5.97 Å².